The van der Waals surface area contributed by atoms with Crippen molar-refractivity contribution in [3.63, 3.8) is 0 Å². The summed E-state index contributed by atoms with van der Waals surface area (Å²) in [6, 6.07) is 0. The number of carbonyl (C=O) groups excluding carboxylic acids is 1. The van der Waals surface area contributed by atoms with Crippen LogP contribution in [0.25, 0.3) is 0 Å². The van der Waals surface area contributed by atoms with Gasteiger partial charge in [-0.05, 0) is 11.5 Å². The van der Waals surface area contributed by atoms with E-state index in [1.54, 1.807) is 0 Å². The fourth-order valence-electron chi connectivity index (χ4n) is 0.863. The van der Waals surface area contributed by atoms with Crippen molar-refractivity contribution in [3.8, 4) is 0 Å². The van der Waals surface area contributed by atoms with Gasteiger partial charge in [0.1, 0.15) is 6.61 Å². The van der Waals surface area contributed by atoms with Crippen molar-refractivity contribution in [2.24, 2.45) is 0 Å². The summed E-state index contributed by atoms with van der Waals surface area (Å²) in [6.45, 7) is 8.10. The second-order valence-corrected chi connectivity index (χ2v) is 5.47. The molecule has 0 radical (unpaired) electrons. The van der Waals surface area contributed by atoms with Crippen molar-refractivity contribution in [2.75, 3.05) is 23.9 Å². The smallest absolute Gasteiger partial charge is 0.330 e. The highest BCUT2D eigenvalue weighted by Gasteiger charge is 2.10. The Morgan fingerprint density at radius 3 is 2.71 bits per heavy atom. The molecule has 0 amide bonds. The Morgan fingerprint density at radius 1 is 1.50 bits per heavy atom. The molecule has 0 fully saturated rings. The van der Waals surface area contributed by atoms with E-state index in [-0.39, 0.29) is 5.97 Å². The summed E-state index contributed by atoms with van der Waals surface area (Å²) >= 11 is 3.71. The van der Waals surface area contributed by atoms with E-state index in [1.807, 2.05) is 23.5 Å². The van der Waals surface area contributed by atoms with Crippen LogP contribution in [0.1, 0.15) is 13.8 Å². The average Bonchev–Trinajstić information content (AvgIpc) is 2.21. The summed E-state index contributed by atoms with van der Waals surface area (Å²) in [7, 11) is 0. The van der Waals surface area contributed by atoms with Gasteiger partial charge in [0.25, 0.3) is 0 Å². The van der Waals surface area contributed by atoms with Crippen LogP contribution in [-0.4, -0.2) is 35.1 Å². The van der Waals surface area contributed by atoms with Gasteiger partial charge in [-0.25, -0.2) is 4.79 Å². The van der Waals surface area contributed by atoms with Crippen molar-refractivity contribution < 1.29 is 9.53 Å². The first-order chi connectivity index (χ1) is 6.74. The Bertz CT molecular complexity index is 172. The number of esters is 1. The van der Waals surface area contributed by atoms with E-state index in [0.29, 0.717) is 11.9 Å². The fourth-order valence-corrected chi connectivity index (χ4v) is 2.77. The lowest BCUT2D eigenvalue weighted by molar-refractivity contribution is -0.137. The van der Waals surface area contributed by atoms with E-state index >= 15 is 0 Å². The van der Waals surface area contributed by atoms with Gasteiger partial charge in [-0.3, -0.25) is 0 Å². The lowest BCUT2D eigenvalue weighted by Crippen LogP contribution is -2.17. The van der Waals surface area contributed by atoms with E-state index in [1.165, 1.54) is 6.08 Å². The van der Waals surface area contributed by atoms with Crippen molar-refractivity contribution in [1.82, 2.24) is 0 Å². The number of hydrogen-bond donors (Lipinski definition) is 0. The highest BCUT2D eigenvalue weighted by atomic mass is 32.2. The summed E-state index contributed by atoms with van der Waals surface area (Å²) in [6.07, 6.45) is 1.21. The van der Waals surface area contributed by atoms with Crippen LogP contribution in [0, 0.1) is 0 Å². The van der Waals surface area contributed by atoms with Gasteiger partial charge in [-0.2, -0.15) is 23.5 Å². The first-order valence-corrected chi connectivity index (χ1v) is 6.93. The second-order valence-electron chi connectivity index (χ2n) is 2.57. The van der Waals surface area contributed by atoms with Crippen molar-refractivity contribution in [1.29, 1.82) is 0 Å². The van der Waals surface area contributed by atoms with Gasteiger partial charge in [0, 0.05) is 17.1 Å². The zero-order valence-electron chi connectivity index (χ0n) is 8.82. The van der Waals surface area contributed by atoms with E-state index in [4.69, 9.17) is 4.74 Å². The van der Waals surface area contributed by atoms with Crippen LogP contribution in [0.3, 0.4) is 0 Å². The molecular formula is C10H18O2S2. The molecule has 0 aliphatic heterocycles. The summed E-state index contributed by atoms with van der Waals surface area (Å²) in [5.41, 5.74) is 0. The molecule has 1 unspecified atom stereocenters. The largest absolute Gasteiger partial charge is 0.461 e. The molecule has 2 nitrogen and oxygen atoms in total. The van der Waals surface area contributed by atoms with Crippen molar-refractivity contribution >= 4 is 29.5 Å². The highest BCUT2D eigenvalue weighted by Crippen LogP contribution is 2.16. The number of carbonyl (C=O) groups is 1. The summed E-state index contributed by atoms with van der Waals surface area (Å²) in [4.78, 5) is 10.8. The number of ether oxygens (including phenoxy) is 1. The monoisotopic (exact) mass is 234 g/mol. The summed E-state index contributed by atoms with van der Waals surface area (Å²) in [5, 5.41) is 0.411. The molecule has 0 rings (SSSR count). The standard InChI is InChI=1S/C10H18O2S2/c1-4-10(11)12-7-9(14-6-3)8-13-5-2/h4,9H,1,5-8H2,2-3H3. The van der Waals surface area contributed by atoms with E-state index in [0.717, 1.165) is 17.3 Å². The van der Waals surface area contributed by atoms with Crippen LogP contribution in [0.4, 0.5) is 0 Å². The number of hydrogen-bond acceptors (Lipinski definition) is 4. The van der Waals surface area contributed by atoms with Crippen LogP contribution in [-0.2, 0) is 9.53 Å². The number of rotatable bonds is 8. The third-order valence-corrected chi connectivity index (χ3v) is 3.85. The van der Waals surface area contributed by atoms with Gasteiger partial charge in [-0.1, -0.05) is 20.4 Å². The molecule has 0 saturated carbocycles. The fraction of sp³-hybridized carbons (Fsp3) is 0.700. The minimum atomic E-state index is -0.326. The Morgan fingerprint density at radius 2 is 2.21 bits per heavy atom. The van der Waals surface area contributed by atoms with Gasteiger partial charge >= 0.3 is 5.97 Å². The zero-order valence-corrected chi connectivity index (χ0v) is 10.5. The van der Waals surface area contributed by atoms with Gasteiger partial charge < -0.3 is 4.74 Å². The maximum Gasteiger partial charge on any atom is 0.330 e. The molecule has 0 spiro atoms. The molecular weight excluding hydrogens is 216 g/mol. The maximum absolute atomic E-state index is 10.8. The van der Waals surface area contributed by atoms with Gasteiger partial charge in [0.2, 0.25) is 0 Å². The average molecular weight is 234 g/mol. The van der Waals surface area contributed by atoms with Crippen LogP contribution >= 0.6 is 23.5 Å². The van der Waals surface area contributed by atoms with Crippen molar-refractivity contribution in [2.45, 2.75) is 19.1 Å². The third-order valence-electron chi connectivity index (χ3n) is 1.49. The van der Waals surface area contributed by atoms with Crippen LogP contribution in [0.5, 0.6) is 0 Å². The van der Waals surface area contributed by atoms with E-state index in [2.05, 4.69) is 20.4 Å². The predicted molar refractivity (Wildman–Crippen MR) is 66.1 cm³/mol. The molecule has 0 aromatic rings. The Hall–Kier alpha value is -0.0900. The minimum Gasteiger partial charge on any atom is -0.461 e. The quantitative estimate of drug-likeness (QED) is 0.476. The molecule has 1 atom stereocenters. The lowest BCUT2D eigenvalue weighted by atomic mass is 10.5. The SMILES string of the molecule is C=CC(=O)OCC(CSCC)SCC. The van der Waals surface area contributed by atoms with Gasteiger partial charge in [0.05, 0.1) is 0 Å². The van der Waals surface area contributed by atoms with E-state index in [9.17, 15) is 4.79 Å². The number of thioether (sulfide) groups is 2. The zero-order chi connectivity index (χ0) is 10.8. The summed E-state index contributed by atoms with van der Waals surface area (Å²) < 4.78 is 5.01. The van der Waals surface area contributed by atoms with Crippen molar-refractivity contribution in [3.05, 3.63) is 12.7 Å². The van der Waals surface area contributed by atoms with Crippen LogP contribution < -0.4 is 0 Å². The highest BCUT2D eigenvalue weighted by molar-refractivity contribution is 8.03. The Kier molecular flexibility index (Phi) is 9.40. The molecule has 0 aromatic heterocycles. The normalized spacial score (nSPS) is 12.1. The molecule has 0 heterocycles. The minimum absolute atomic E-state index is 0.326. The first-order valence-electron chi connectivity index (χ1n) is 4.73. The molecule has 82 valence electrons. The van der Waals surface area contributed by atoms with E-state index < -0.39 is 0 Å². The van der Waals surface area contributed by atoms with Crippen LogP contribution in [0.15, 0.2) is 12.7 Å². The molecule has 4 heteroatoms. The maximum atomic E-state index is 10.8. The first kappa shape index (κ1) is 13.9. The second kappa shape index (κ2) is 9.46. The van der Waals surface area contributed by atoms with Gasteiger partial charge in [-0.15, -0.1) is 0 Å². The topological polar surface area (TPSA) is 26.3 Å². The van der Waals surface area contributed by atoms with Gasteiger partial charge in [0.15, 0.2) is 0 Å². The third kappa shape index (κ3) is 7.33. The van der Waals surface area contributed by atoms with Crippen LogP contribution in [0.2, 0.25) is 0 Å². The molecule has 0 N–H and O–H groups in total. The molecule has 0 saturated heterocycles. The molecule has 0 aliphatic carbocycles. The molecule has 0 bridgehead atoms. The molecule has 0 aliphatic rings. The predicted octanol–water partition coefficient (Wildman–Crippen LogP) is 2.59. The Labute approximate surface area is 94.9 Å². The molecule has 0 aromatic carbocycles. The summed E-state index contributed by atoms with van der Waals surface area (Å²) in [5.74, 6) is 2.88. The molecule has 14 heavy (non-hydrogen) atoms. The lowest BCUT2D eigenvalue weighted by Gasteiger charge is -2.14. The Balaban J connectivity index is 3.71.